The van der Waals surface area contributed by atoms with Crippen molar-refractivity contribution in [2.75, 3.05) is 18.9 Å². The Morgan fingerprint density at radius 3 is 2.94 bits per heavy atom. The lowest BCUT2D eigenvalue weighted by Gasteiger charge is -2.12. The zero-order chi connectivity index (χ0) is 12.7. The van der Waals surface area contributed by atoms with Crippen LogP contribution in [-0.4, -0.2) is 47.2 Å². The molecule has 0 radical (unpaired) electrons. The predicted octanol–water partition coefficient (Wildman–Crippen LogP) is 0.878. The maximum Gasteiger partial charge on any atom is 0.304 e. The van der Waals surface area contributed by atoms with Crippen LogP contribution >= 0.6 is 11.8 Å². The highest BCUT2D eigenvalue weighted by Gasteiger charge is 2.16. The van der Waals surface area contributed by atoms with Gasteiger partial charge in [-0.3, -0.25) is 9.59 Å². The summed E-state index contributed by atoms with van der Waals surface area (Å²) in [4.78, 5) is 21.9. The molecule has 1 heterocycles. The normalized spacial score (nSPS) is 21.1. The SMILES string of the molecule is CC(CC(=O)O)SCC(=O)NCC1CCCO1. The van der Waals surface area contributed by atoms with E-state index in [0.29, 0.717) is 12.3 Å². The van der Waals surface area contributed by atoms with Gasteiger partial charge in [-0.1, -0.05) is 6.92 Å². The van der Waals surface area contributed by atoms with Gasteiger partial charge in [0.1, 0.15) is 0 Å². The van der Waals surface area contributed by atoms with E-state index in [-0.39, 0.29) is 23.7 Å². The van der Waals surface area contributed by atoms with E-state index in [1.165, 1.54) is 11.8 Å². The van der Waals surface area contributed by atoms with E-state index < -0.39 is 5.97 Å². The summed E-state index contributed by atoms with van der Waals surface area (Å²) in [5, 5.41) is 11.3. The molecular formula is C11H19NO4S. The van der Waals surface area contributed by atoms with Gasteiger partial charge in [-0.2, -0.15) is 0 Å². The third-order valence-electron chi connectivity index (χ3n) is 2.51. The van der Waals surface area contributed by atoms with Gasteiger partial charge in [0, 0.05) is 18.4 Å². The molecule has 0 aromatic heterocycles. The van der Waals surface area contributed by atoms with E-state index >= 15 is 0 Å². The molecule has 1 aliphatic heterocycles. The van der Waals surface area contributed by atoms with E-state index in [9.17, 15) is 9.59 Å². The summed E-state index contributed by atoms with van der Waals surface area (Å²) < 4.78 is 5.38. The number of ether oxygens (including phenoxy) is 1. The van der Waals surface area contributed by atoms with Gasteiger partial charge in [-0.05, 0) is 12.8 Å². The molecule has 1 amide bonds. The number of carbonyl (C=O) groups is 2. The zero-order valence-electron chi connectivity index (χ0n) is 9.98. The van der Waals surface area contributed by atoms with Gasteiger partial charge in [0.2, 0.25) is 5.91 Å². The lowest BCUT2D eigenvalue weighted by molar-refractivity contribution is -0.136. The van der Waals surface area contributed by atoms with E-state index in [1.54, 1.807) is 0 Å². The summed E-state index contributed by atoms with van der Waals surface area (Å²) in [6, 6.07) is 0. The van der Waals surface area contributed by atoms with Crippen molar-refractivity contribution in [3.8, 4) is 0 Å². The van der Waals surface area contributed by atoms with Gasteiger partial charge in [-0.15, -0.1) is 11.8 Å². The second-order valence-electron chi connectivity index (χ2n) is 4.16. The summed E-state index contributed by atoms with van der Waals surface area (Å²) >= 11 is 1.36. The molecule has 2 atom stereocenters. The minimum atomic E-state index is -0.829. The summed E-state index contributed by atoms with van der Waals surface area (Å²) in [6.45, 7) is 3.16. The zero-order valence-corrected chi connectivity index (χ0v) is 10.8. The van der Waals surface area contributed by atoms with Crippen LogP contribution in [0.3, 0.4) is 0 Å². The molecule has 0 aliphatic carbocycles. The topological polar surface area (TPSA) is 75.6 Å². The third kappa shape index (κ3) is 6.53. The van der Waals surface area contributed by atoms with Crippen LogP contribution in [0.2, 0.25) is 0 Å². The van der Waals surface area contributed by atoms with E-state index in [0.717, 1.165) is 19.4 Å². The third-order valence-corrected chi connectivity index (χ3v) is 3.68. The van der Waals surface area contributed by atoms with Gasteiger partial charge < -0.3 is 15.2 Å². The second-order valence-corrected chi connectivity index (χ2v) is 5.59. The Labute approximate surface area is 105 Å². The highest BCUT2D eigenvalue weighted by atomic mass is 32.2. The van der Waals surface area contributed by atoms with Crippen LogP contribution in [0, 0.1) is 0 Å². The van der Waals surface area contributed by atoms with E-state index in [4.69, 9.17) is 9.84 Å². The molecule has 98 valence electrons. The minimum Gasteiger partial charge on any atom is -0.481 e. The van der Waals surface area contributed by atoms with Crippen molar-refractivity contribution in [2.24, 2.45) is 0 Å². The smallest absolute Gasteiger partial charge is 0.304 e. The first kappa shape index (κ1) is 14.3. The van der Waals surface area contributed by atoms with Crippen LogP contribution in [0.15, 0.2) is 0 Å². The Hall–Kier alpha value is -0.750. The Morgan fingerprint density at radius 1 is 1.59 bits per heavy atom. The Morgan fingerprint density at radius 2 is 2.35 bits per heavy atom. The minimum absolute atomic E-state index is 0.0408. The number of carbonyl (C=O) groups excluding carboxylic acids is 1. The number of aliphatic carboxylic acids is 1. The number of hydrogen-bond acceptors (Lipinski definition) is 4. The molecule has 1 saturated heterocycles. The number of thioether (sulfide) groups is 1. The van der Waals surface area contributed by atoms with Crippen LogP contribution in [0.1, 0.15) is 26.2 Å². The molecule has 0 aromatic rings. The van der Waals surface area contributed by atoms with Crippen LogP contribution in [-0.2, 0) is 14.3 Å². The van der Waals surface area contributed by atoms with Crippen molar-refractivity contribution in [1.29, 1.82) is 0 Å². The fraction of sp³-hybridized carbons (Fsp3) is 0.818. The van der Waals surface area contributed by atoms with E-state index in [2.05, 4.69) is 5.32 Å². The molecular weight excluding hydrogens is 242 g/mol. The van der Waals surface area contributed by atoms with Crippen molar-refractivity contribution in [1.82, 2.24) is 5.32 Å². The highest BCUT2D eigenvalue weighted by molar-refractivity contribution is 8.00. The number of carboxylic acids is 1. The van der Waals surface area contributed by atoms with Gasteiger partial charge in [-0.25, -0.2) is 0 Å². The van der Waals surface area contributed by atoms with Crippen LogP contribution in [0.5, 0.6) is 0 Å². The summed E-state index contributed by atoms with van der Waals surface area (Å²) in [5.41, 5.74) is 0. The molecule has 17 heavy (non-hydrogen) atoms. The second kappa shape index (κ2) is 7.55. The van der Waals surface area contributed by atoms with Crippen LogP contribution < -0.4 is 5.32 Å². The molecule has 1 fully saturated rings. The van der Waals surface area contributed by atoms with Gasteiger partial charge in [0.15, 0.2) is 0 Å². The molecule has 2 unspecified atom stereocenters. The largest absolute Gasteiger partial charge is 0.481 e. The Balaban J connectivity index is 2.05. The fourth-order valence-electron chi connectivity index (χ4n) is 1.61. The average molecular weight is 261 g/mol. The quantitative estimate of drug-likeness (QED) is 0.711. The highest BCUT2D eigenvalue weighted by Crippen LogP contribution is 2.14. The molecule has 6 heteroatoms. The molecule has 0 saturated carbocycles. The monoisotopic (exact) mass is 261 g/mol. The van der Waals surface area contributed by atoms with Crippen LogP contribution in [0.25, 0.3) is 0 Å². The number of amides is 1. The lowest BCUT2D eigenvalue weighted by Crippen LogP contribution is -2.33. The predicted molar refractivity (Wildman–Crippen MR) is 66.2 cm³/mol. The molecule has 1 rings (SSSR count). The number of rotatable bonds is 7. The Kier molecular flexibility index (Phi) is 6.36. The lowest BCUT2D eigenvalue weighted by atomic mass is 10.2. The maximum absolute atomic E-state index is 11.5. The molecule has 0 spiro atoms. The van der Waals surface area contributed by atoms with Crippen molar-refractivity contribution in [2.45, 2.75) is 37.5 Å². The van der Waals surface area contributed by atoms with Crippen LogP contribution in [0.4, 0.5) is 0 Å². The molecule has 0 bridgehead atoms. The summed E-state index contributed by atoms with van der Waals surface area (Å²) in [6.07, 6.45) is 2.30. The first-order valence-corrected chi connectivity index (χ1v) is 6.84. The standard InChI is InChI=1S/C11H19NO4S/c1-8(5-11(14)15)17-7-10(13)12-6-9-3-2-4-16-9/h8-9H,2-7H2,1H3,(H,12,13)(H,14,15). The van der Waals surface area contributed by atoms with Gasteiger partial charge in [0.05, 0.1) is 18.3 Å². The van der Waals surface area contributed by atoms with Crippen molar-refractivity contribution in [3.05, 3.63) is 0 Å². The first-order chi connectivity index (χ1) is 8.08. The van der Waals surface area contributed by atoms with E-state index in [1.807, 2.05) is 6.92 Å². The molecule has 1 aliphatic rings. The average Bonchev–Trinajstić information content (AvgIpc) is 2.75. The Bertz CT molecular complexity index is 266. The summed E-state index contributed by atoms with van der Waals surface area (Å²) in [5.74, 6) is -0.575. The van der Waals surface area contributed by atoms with Crippen molar-refractivity contribution < 1.29 is 19.4 Å². The van der Waals surface area contributed by atoms with Crippen molar-refractivity contribution in [3.63, 3.8) is 0 Å². The van der Waals surface area contributed by atoms with Gasteiger partial charge >= 0.3 is 5.97 Å². The van der Waals surface area contributed by atoms with Gasteiger partial charge in [0.25, 0.3) is 0 Å². The summed E-state index contributed by atoms with van der Waals surface area (Å²) in [7, 11) is 0. The maximum atomic E-state index is 11.5. The molecule has 5 nitrogen and oxygen atoms in total. The first-order valence-electron chi connectivity index (χ1n) is 5.79. The van der Waals surface area contributed by atoms with Crippen molar-refractivity contribution >= 4 is 23.6 Å². The number of hydrogen-bond donors (Lipinski definition) is 2. The fourth-order valence-corrected chi connectivity index (χ4v) is 2.41. The number of carboxylic acid groups (broad SMARTS) is 1. The number of nitrogens with one attached hydrogen (secondary N) is 1. The molecule has 0 aromatic carbocycles. The molecule has 2 N–H and O–H groups in total.